The summed E-state index contributed by atoms with van der Waals surface area (Å²) in [4.78, 5) is 7.55. The van der Waals surface area contributed by atoms with E-state index in [2.05, 4.69) is 9.97 Å². The van der Waals surface area contributed by atoms with E-state index in [1.54, 1.807) is 6.92 Å². The minimum absolute atomic E-state index is 0.231. The molecule has 0 atom stereocenters. The standard InChI is InChI=1S/C6H8FN3/c1-4-9-3-5(2-7)6(8)10-4/h3H,2H2,1H3,(H2,8,9,10). The molecule has 0 bridgehead atoms. The molecule has 4 heteroatoms. The van der Waals surface area contributed by atoms with Crippen LogP contribution in [0.5, 0.6) is 0 Å². The van der Waals surface area contributed by atoms with Gasteiger partial charge in [-0.25, -0.2) is 14.4 Å². The van der Waals surface area contributed by atoms with Crippen LogP contribution in [0.3, 0.4) is 0 Å². The topological polar surface area (TPSA) is 51.8 Å². The van der Waals surface area contributed by atoms with E-state index in [0.29, 0.717) is 11.4 Å². The second-order valence-corrected chi connectivity index (χ2v) is 1.96. The molecular formula is C6H8FN3. The van der Waals surface area contributed by atoms with Crippen molar-refractivity contribution >= 4 is 5.82 Å². The first kappa shape index (κ1) is 6.92. The van der Waals surface area contributed by atoms with E-state index in [1.807, 2.05) is 0 Å². The minimum Gasteiger partial charge on any atom is -0.383 e. The molecule has 1 heterocycles. The van der Waals surface area contributed by atoms with Crippen molar-refractivity contribution in [3.05, 3.63) is 17.6 Å². The molecule has 1 aromatic rings. The fourth-order valence-corrected chi connectivity index (χ4v) is 0.615. The van der Waals surface area contributed by atoms with Crippen LogP contribution in [0.25, 0.3) is 0 Å². The zero-order valence-electron chi connectivity index (χ0n) is 5.63. The second kappa shape index (κ2) is 2.60. The van der Waals surface area contributed by atoms with E-state index in [4.69, 9.17) is 5.73 Å². The third-order valence-corrected chi connectivity index (χ3v) is 1.16. The summed E-state index contributed by atoms with van der Waals surface area (Å²) in [5.41, 5.74) is 5.69. The number of nitrogen functional groups attached to an aromatic ring is 1. The average Bonchev–Trinajstić information content (AvgIpc) is 1.88. The quantitative estimate of drug-likeness (QED) is 0.630. The Labute approximate surface area is 58.1 Å². The number of anilines is 1. The van der Waals surface area contributed by atoms with Gasteiger partial charge in [0.05, 0.1) is 0 Å². The van der Waals surface area contributed by atoms with Gasteiger partial charge in [-0.1, -0.05) is 0 Å². The van der Waals surface area contributed by atoms with Gasteiger partial charge < -0.3 is 5.73 Å². The van der Waals surface area contributed by atoms with Gasteiger partial charge in [0.25, 0.3) is 0 Å². The van der Waals surface area contributed by atoms with Crippen LogP contribution in [0.2, 0.25) is 0 Å². The molecule has 10 heavy (non-hydrogen) atoms. The highest BCUT2D eigenvalue weighted by Gasteiger charge is 1.99. The Balaban J connectivity index is 3.07. The molecule has 0 saturated heterocycles. The maximum atomic E-state index is 12.0. The molecule has 0 amide bonds. The Kier molecular flexibility index (Phi) is 1.80. The molecule has 0 saturated carbocycles. The first-order valence-electron chi connectivity index (χ1n) is 2.88. The molecule has 0 unspecified atom stereocenters. The van der Waals surface area contributed by atoms with E-state index in [0.717, 1.165) is 0 Å². The van der Waals surface area contributed by atoms with Crippen molar-refractivity contribution in [3.63, 3.8) is 0 Å². The summed E-state index contributed by atoms with van der Waals surface area (Å²) in [6.45, 7) is 1.10. The van der Waals surface area contributed by atoms with Gasteiger partial charge >= 0.3 is 0 Å². The molecular weight excluding hydrogens is 133 g/mol. The van der Waals surface area contributed by atoms with Crippen molar-refractivity contribution in [1.82, 2.24) is 9.97 Å². The number of nitrogens with zero attached hydrogens (tertiary/aromatic N) is 2. The Hall–Kier alpha value is -1.19. The predicted octanol–water partition coefficient (Wildman–Crippen LogP) is 0.837. The third kappa shape index (κ3) is 1.21. The average molecular weight is 141 g/mol. The number of hydrogen-bond acceptors (Lipinski definition) is 3. The van der Waals surface area contributed by atoms with Crippen LogP contribution in [-0.2, 0) is 6.67 Å². The Morgan fingerprint density at radius 3 is 2.90 bits per heavy atom. The van der Waals surface area contributed by atoms with Gasteiger partial charge in [0.15, 0.2) is 0 Å². The molecule has 0 aliphatic rings. The SMILES string of the molecule is Cc1ncc(CF)c(N)n1. The maximum Gasteiger partial charge on any atom is 0.132 e. The van der Waals surface area contributed by atoms with Gasteiger partial charge in [0.2, 0.25) is 0 Å². The molecule has 0 aliphatic carbocycles. The molecule has 0 spiro atoms. The van der Waals surface area contributed by atoms with Gasteiger partial charge in [-0.15, -0.1) is 0 Å². The van der Waals surface area contributed by atoms with Crippen molar-refractivity contribution in [2.75, 3.05) is 5.73 Å². The van der Waals surface area contributed by atoms with Crippen LogP contribution < -0.4 is 5.73 Å². The van der Waals surface area contributed by atoms with Crippen molar-refractivity contribution in [3.8, 4) is 0 Å². The molecule has 0 radical (unpaired) electrons. The number of aromatic nitrogens is 2. The summed E-state index contributed by atoms with van der Waals surface area (Å²) in [7, 11) is 0. The first-order valence-corrected chi connectivity index (χ1v) is 2.88. The minimum atomic E-state index is -0.605. The van der Waals surface area contributed by atoms with Gasteiger partial charge in [0.1, 0.15) is 18.3 Å². The lowest BCUT2D eigenvalue weighted by Crippen LogP contribution is -1.99. The van der Waals surface area contributed by atoms with Crippen LogP contribution in [0.1, 0.15) is 11.4 Å². The van der Waals surface area contributed by atoms with Gasteiger partial charge in [-0.3, -0.25) is 0 Å². The smallest absolute Gasteiger partial charge is 0.132 e. The zero-order chi connectivity index (χ0) is 7.56. The first-order chi connectivity index (χ1) is 4.74. The molecule has 1 aromatic heterocycles. The predicted molar refractivity (Wildman–Crippen MR) is 36.0 cm³/mol. The van der Waals surface area contributed by atoms with E-state index in [1.165, 1.54) is 6.20 Å². The van der Waals surface area contributed by atoms with Crippen LogP contribution in [0.4, 0.5) is 10.2 Å². The Morgan fingerprint density at radius 2 is 2.40 bits per heavy atom. The summed E-state index contributed by atoms with van der Waals surface area (Å²) in [5.74, 6) is 0.796. The molecule has 1 rings (SSSR count). The molecule has 54 valence electrons. The highest BCUT2D eigenvalue weighted by Crippen LogP contribution is 2.07. The summed E-state index contributed by atoms with van der Waals surface area (Å²) >= 11 is 0. The lowest BCUT2D eigenvalue weighted by atomic mass is 10.3. The number of alkyl halides is 1. The largest absolute Gasteiger partial charge is 0.383 e. The number of halogens is 1. The van der Waals surface area contributed by atoms with Crippen molar-refractivity contribution in [2.45, 2.75) is 13.6 Å². The number of nitrogens with two attached hydrogens (primary N) is 1. The monoisotopic (exact) mass is 141 g/mol. The normalized spacial score (nSPS) is 9.80. The van der Waals surface area contributed by atoms with E-state index < -0.39 is 6.67 Å². The fourth-order valence-electron chi connectivity index (χ4n) is 0.615. The summed E-state index contributed by atoms with van der Waals surface area (Å²) in [5, 5.41) is 0. The lowest BCUT2D eigenvalue weighted by Gasteiger charge is -1.98. The zero-order valence-corrected chi connectivity index (χ0v) is 5.63. The molecule has 0 fully saturated rings. The summed E-state index contributed by atoms with van der Waals surface area (Å²) in [6.07, 6.45) is 1.40. The van der Waals surface area contributed by atoms with Gasteiger partial charge in [0, 0.05) is 11.8 Å². The van der Waals surface area contributed by atoms with Crippen LogP contribution in [0.15, 0.2) is 6.20 Å². The van der Waals surface area contributed by atoms with E-state index in [-0.39, 0.29) is 5.82 Å². The molecule has 2 N–H and O–H groups in total. The number of rotatable bonds is 1. The van der Waals surface area contributed by atoms with Gasteiger partial charge in [-0.05, 0) is 6.92 Å². The van der Waals surface area contributed by atoms with Crippen molar-refractivity contribution < 1.29 is 4.39 Å². The van der Waals surface area contributed by atoms with Crippen molar-refractivity contribution in [2.24, 2.45) is 0 Å². The Morgan fingerprint density at radius 1 is 1.70 bits per heavy atom. The highest BCUT2D eigenvalue weighted by atomic mass is 19.1. The number of hydrogen-bond donors (Lipinski definition) is 1. The van der Waals surface area contributed by atoms with Gasteiger partial charge in [-0.2, -0.15) is 0 Å². The van der Waals surface area contributed by atoms with Crippen molar-refractivity contribution in [1.29, 1.82) is 0 Å². The van der Waals surface area contributed by atoms with E-state index in [9.17, 15) is 4.39 Å². The van der Waals surface area contributed by atoms with E-state index >= 15 is 0 Å². The number of aryl methyl sites for hydroxylation is 1. The fraction of sp³-hybridized carbons (Fsp3) is 0.333. The molecule has 3 nitrogen and oxygen atoms in total. The second-order valence-electron chi connectivity index (χ2n) is 1.96. The highest BCUT2D eigenvalue weighted by molar-refractivity contribution is 5.36. The maximum absolute atomic E-state index is 12.0. The molecule has 0 aliphatic heterocycles. The van der Waals surface area contributed by atoms with Crippen LogP contribution in [0, 0.1) is 6.92 Å². The van der Waals surface area contributed by atoms with Crippen LogP contribution in [-0.4, -0.2) is 9.97 Å². The van der Waals surface area contributed by atoms with Crippen LogP contribution >= 0.6 is 0 Å². The lowest BCUT2D eigenvalue weighted by molar-refractivity contribution is 0.484. The summed E-state index contributed by atoms with van der Waals surface area (Å²) < 4.78 is 12.0. The summed E-state index contributed by atoms with van der Waals surface area (Å²) in [6, 6.07) is 0. The Bertz CT molecular complexity index is 236. The molecule has 0 aromatic carbocycles. The third-order valence-electron chi connectivity index (χ3n) is 1.16.